The molecule has 0 saturated carbocycles. The SMILES string of the molecule is CCN(CCc1cccs1)C(=O)C1(C)CCNC1. The number of thiophene rings is 1. The zero-order valence-corrected chi connectivity index (χ0v) is 12.1. The zero-order chi connectivity index (χ0) is 13.0. The van der Waals surface area contributed by atoms with Crippen LogP contribution >= 0.6 is 11.3 Å². The summed E-state index contributed by atoms with van der Waals surface area (Å²) in [5.41, 5.74) is -0.189. The molecule has 1 amide bonds. The maximum atomic E-state index is 12.5. The number of carbonyl (C=O) groups excluding carboxylic acids is 1. The molecule has 1 aromatic rings. The topological polar surface area (TPSA) is 32.3 Å². The lowest BCUT2D eigenvalue weighted by molar-refractivity contribution is -0.140. The number of nitrogens with one attached hydrogen (secondary N) is 1. The first-order valence-electron chi connectivity index (χ1n) is 6.68. The van der Waals surface area contributed by atoms with E-state index in [9.17, 15) is 4.79 Å². The summed E-state index contributed by atoms with van der Waals surface area (Å²) in [7, 11) is 0. The minimum atomic E-state index is -0.189. The van der Waals surface area contributed by atoms with Gasteiger partial charge < -0.3 is 10.2 Å². The van der Waals surface area contributed by atoms with Crippen LogP contribution < -0.4 is 5.32 Å². The van der Waals surface area contributed by atoms with E-state index in [1.807, 2.05) is 4.90 Å². The number of likely N-dealkylation sites (N-methyl/N-ethyl adjacent to an activating group) is 1. The molecule has 1 aliphatic heterocycles. The molecule has 1 atom stereocenters. The van der Waals surface area contributed by atoms with E-state index in [0.717, 1.165) is 39.0 Å². The Morgan fingerprint density at radius 2 is 2.44 bits per heavy atom. The normalized spacial score (nSPS) is 23.2. The Morgan fingerprint density at radius 3 is 3.00 bits per heavy atom. The van der Waals surface area contributed by atoms with Gasteiger partial charge in [-0.05, 0) is 44.7 Å². The predicted molar refractivity (Wildman–Crippen MR) is 75.9 cm³/mol. The highest BCUT2D eigenvalue weighted by Crippen LogP contribution is 2.27. The molecule has 18 heavy (non-hydrogen) atoms. The van der Waals surface area contributed by atoms with E-state index < -0.39 is 0 Å². The van der Waals surface area contributed by atoms with Crippen LogP contribution in [-0.4, -0.2) is 37.0 Å². The summed E-state index contributed by atoms with van der Waals surface area (Å²) < 4.78 is 0. The molecule has 0 aliphatic carbocycles. The second-order valence-electron chi connectivity index (χ2n) is 5.20. The Hall–Kier alpha value is -0.870. The number of hydrogen-bond acceptors (Lipinski definition) is 3. The first-order chi connectivity index (χ1) is 8.65. The van der Waals surface area contributed by atoms with Crippen molar-refractivity contribution in [1.29, 1.82) is 0 Å². The van der Waals surface area contributed by atoms with Gasteiger partial charge in [0.15, 0.2) is 0 Å². The van der Waals surface area contributed by atoms with Gasteiger partial charge in [0, 0.05) is 24.5 Å². The molecule has 1 aromatic heterocycles. The molecule has 0 aromatic carbocycles. The van der Waals surface area contributed by atoms with Crippen molar-refractivity contribution in [2.75, 3.05) is 26.2 Å². The Kier molecular flexibility index (Phi) is 4.40. The van der Waals surface area contributed by atoms with Crippen molar-refractivity contribution in [1.82, 2.24) is 10.2 Å². The maximum Gasteiger partial charge on any atom is 0.229 e. The summed E-state index contributed by atoms with van der Waals surface area (Å²) >= 11 is 1.77. The third kappa shape index (κ3) is 2.93. The van der Waals surface area contributed by atoms with Crippen molar-refractivity contribution in [3.8, 4) is 0 Å². The molecule has 100 valence electrons. The van der Waals surface area contributed by atoms with E-state index in [-0.39, 0.29) is 5.41 Å². The van der Waals surface area contributed by atoms with Crippen molar-refractivity contribution in [3.05, 3.63) is 22.4 Å². The number of nitrogens with zero attached hydrogens (tertiary/aromatic N) is 1. The molecule has 0 bridgehead atoms. The second-order valence-corrected chi connectivity index (χ2v) is 6.23. The average molecular weight is 266 g/mol. The molecule has 1 unspecified atom stereocenters. The lowest BCUT2D eigenvalue weighted by Gasteiger charge is -2.30. The first kappa shape index (κ1) is 13.6. The number of rotatable bonds is 5. The van der Waals surface area contributed by atoms with Crippen LogP contribution in [0, 0.1) is 5.41 Å². The summed E-state index contributed by atoms with van der Waals surface area (Å²) in [4.78, 5) is 15.9. The van der Waals surface area contributed by atoms with Crippen LogP contribution in [0.2, 0.25) is 0 Å². The van der Waals surface area contributed by atoms with E-state index in [1.165, 1.54) is 4.88 Å². The van der Waals surface area contributed by atoms with Crippen LogP contribution in [-0.2, 0) is 11.2 Å². The highest BCUT2D eigenvalue weighted by atomic mass is 32.1. The van der Waals surface area contributed by atoms with Crippen molar-refractivity contribution in [2.24, 2.45) is 5.41 Å². The van der Waals surface area contributed by atoms with E-state index in [4.69, 9.17) is 0 Å². The van der Waals surface area contributed by atoms with Gasteiger partial charge in [0.2, 0.25) is 5.91 Å². The van der Waals surface area contributed by atoms with Crippen LogP contribution in [0.1, 0.15) is 25.1 Å². The lowest BCUT2D eigenvalue weighted by atomic mass is 9.88. The molecular weight excluding hydrogens is 244 g/mol. The largest absolute Gasteiger partial charge is 0.342 e. The zero-order valence-electron chi connectivity index (χ0n) is 11.2. The predicted octanol–water partition coefficient (Wildman–Crippen LogP) is 2.14. The molecule has 4 heteroatoms. The second kappa shape index (κ2) is 5.85. The van der Waals surface area contributed by atoms with Crippen LogP contribution in [0.25, 0.3) is 0 Å². The van der Waals surface area contributed by atoms with Gasteiger partial charge in [-0.1, -0.05) is 6.07 Å². The maximum absolute atomic E-state index is 12.5. The molecule has 2 rings (SSSR count). The molecule has 1 saturated heterocycles. The van der Waals surface area contributed by atoms with Gasteiger partial charge in [-0.3, -0.25) is 4.79 Å². The monoisotopic (exact) mass is 266 g/mol. The standard InChI is InChI=1S/C14H22N2OS/c1-3-16(9-6-12-5-4-10-18-12)13(17)14(2)7-8-15-11-14/h4-5,10,15H,3,6-9,11H2,1-2H3. The van der Waals surface area contributed by atoms with Gasteiger partial charge in [-0.15, -0.1) is 11.3 Å². The van der Waals surface area contributed by atoms with Gasteiger partial charge >= 0.3 is 0 Å². The first-order valence-corrected chi connectivity index (χ1v) is 7.56. The van der Waals surface area contributed by atoms with E-state index in [0.29, 0.717) is 5.91 Å². The van der Waals surface area contributed by atoms with Crippen LogP contribution in [0.3, 0.4) is 0 Å². The van der Waals surface area contributed by atoms with Gasteiger partial charge in [-0.25, -0.2) is 0 Å². The van der Waals surface area contributed by atoms with Crippen LogP contribution in [0.4, 0.5) is 0 Å². The summed E-state index contributed by atoms with van der Waals surface area (Å²) in [5.74, 6) is 0.312. The van der Waals surface area contributed by atoms with Crippen molar-refractivity contribution >= 4 is 17.2 Å². The van der Waals surface area contributed by atoms with E-state index in [1.54, 1.807) is 11.3 Å². The van der Waals surface area contributed by atoms with Crippen molar-refractivity contribution < 1.29 is 4.79 Å². The Balaban J connectivity index is 1.93. The van der Waals surface area contributed by atoms with Gasteiger partial charge in [0.1, 0.15) is 0 Å². The molecule has 1 fully saturated rings. The van der Waals surface area contributed by atoms with E-state index in [2.05, 4.69) is 36.7 Å². The molecule has 3 nitrogen and oxygen atoms in total. The molecule has 0 spiro atoms. The quantitative estimate of drug-likeness (QED) is 0.885. The molecule has 2 heterocycles. The van der Waals surface area contributed by atoms with E-state index >= 15 is 0 Å². The summed E-state index contributed by atoms with van der Waals surface area (Å²) in [5, 5.41) is 5.39. The third-order valence-electron chi connectivity index (χ3n) is 3.76. The molecular formula is C14H22N2OS. The highest BCUT2D eigenvalue weighted by Gasteiger charge is 2.38. The van der Waals surface area contributed by atoms with Gasteiger partial charge in [0.25, 0.3) is 0 Å². The fourth-order valence-corrected chi connectivity index (χ4v) is 3.18. The van der Waals surface area contributed by atoms with Gasteiger partial charge in [0.05, 0.1) is 5.41 Å². The fraction of sp³-hybridized carbons (Fsp3) is 0.643. The minimum absolute atomic E-state index is 0.189. The molecule has 1 aliphatic rings. The number of amides is 1. The fourth-order valence-electron chi connectivity index (χ4n) is 2.48. The Morgan fingerprint density at radius 1 is 1.61 bits per heavy atom. The van der Waals surface area contributed by atoms with Crippen molar-refractivity contribution in [3.63, 3.8) is 0 Å². The Bertz CT molecular complexity index is 383. The smallest absolute Gasteiger partial charge is 0.229 e. The summed E-state index contributed by atoms with van der Waals surface area (Å²) in [6.45, 7) is 7.58. The van der Waals surface area contributed by atoms with Crippen LogP contribution in [0.15, 0.2) is 17.5 Å². The lowest BCUT2D eigenvalue weighted by Crippen LogP contribution is -2.44. The Labute approximate surface area is 113 Å². The molecule has 1 N–H and O–H groups in total. The summed E-state index contributed by atoms with van der Waals surface area (Å²) in [6, 6.07) is 4.21. The number of carbonyl (C=O) groups is 1. The van der Waals surface area contributed by atoms with Crippen molar-refractivity contribution in [2.45, 2.75) is 26.7 Å². The average Bonchev–Trinajstić information content (AvgIpc) is 3.01. The van der Waals surface area contributed by atoms with Gasteiger partial charge in [-0.2, -0.15) is 0 Å². The third-order valence-corrected chi connectivity index (χ3v) is 4.70. The summed E-state index contributed by atoms with van der Waals surface area (Å²) in [6.07, 6.45) is 1.93. The molecule has 0 radical (unpaired) electrons. The highest BCUT2D eigenvalue weighted by molar-refractivity contribution is 7.09. The minimum Gasteiger partial charge on any atom is -0.342 e. The number of hydrogen-bond donors (Lipinski definition) is 1. The van der Waals surface area contributed by atoms with Crippen LogP contribution in [0.5, 0.6) is 0 Å².